The van der Waals surface area contributed by atoms with Crippen LogP contribution >= 0.6 is 0 Å². The standard InChI is InChI=1S/C16H21N5O3/c1-11-18-13(9-15(22)19-11)14-10-21(7-8-24-14)16(23)4-3-12-5-6-17-20(12)2/h5-6,9,14H,3-4,7-8,10H2,1-2H3,(H,18,19,22)/t14-/m0/s1. The van der Waals surface area contributed by atoms with Gasteiger partial charge in [0.15, 0.2) is 0 Å². The van der Waals surface area contributed by atoms with E-state index in [0.717, 1.165) is 5.69 Å². The zero-order valence-electron chi connectivity index (χ0n) is 13.9. The van der Waals surface area contributed by atoms with Gasteiger partial charge in [-0.2, -0.15) is 5.10 Å². The predicted octanol–water partition coefficient (Wildman–Crippen LogP) is 0.345. The van der Waals surface area contributed by atoms with E-state index in [2.05, 4.69) is 15.1 Å². The van der Waals surface area contributed by atoms with Crippen molar-refractivity contribution < 1.29 is 9.53 Å². The maximum atomic E-state index is 12.5. The summed E-state index contributed by atoms with van der Waals surface area (Å²) >= 11 is 0. The van der Waals surface area contributed by atoms with Gasteiger partial charge in [-0.25, -0.2) is 4.98 Å². The third-order valence-corrected chi connectivity index (χ3v) is 4.15. The lowest BCUT2D eigenvalue weighted by molar-refractivity contribution is -0.139. The van der Waals surface area contributed by atoms with Gasteiger partial charge in [0, 0.05) is 38.0 Å². The molecule has 1 aliphatic rings. The molecule has 3 heterocycles. The summed E-state index contributed by atoms with van der Waals surface area (Å²) in [6.07, 6.45) is 2.44. The number of carbonyl (C=O) groups is 1. The number of H-pyrrole nitrogens is 1. The molecule has 1 N–H and O–H groups in total. The van der Waals surface area contributed by atoms with Crippen molar-refractivity contribution in [3.63, 3.8) is 0 Å². The minimum absolute atomic E-state index is 0.0751. The fourth-order valence-electron chi connectivity index (χ4n) is 2.86. The van der Waals surface area contributed by atoms with Gasteiger partial charge in [-0.05, 0) is 19.4 Å². The molecular formula is C16H21N5O3. The summed E-state index contributed by atoms with van der Waals surface area (Å²) < 4.78 is 7.48. The number of hydrogen-bond acceptors (Lipinski definition) is 5. The molecule has 1 aliphatic heterocycles. The number of ether oxygens (including phenoxy) is 1. The SMILES string of the molecule is Cc1nc([C@@H]2CN(C(=O)CCc3ccnn3C)CCO2)cc(=O)[nH]1. The molecule has 1 fully saturated rings. The molecule has 1 atom stereocenters. The van der Waals surface area contributed by atoms with E-state index in [9.17, 15) is 9.59 Å². The zero-order chi connectivity index (χ0) is 17.1. The molecule has 8 heteroatoms. The average molecular weight is 331 g/mol. The molecule has 0 spiro atoms. The van der Waals surface area contributed by atoms with E-state index in [-0.39, 0.29) is 17.6 Å². The number of hydrogen-bond donors (Lipinski definition) is 1. The van der Waals surface area contributed by atoms with Crippen molar-refractivity contribution in [1.82, 2.24) is 24.6 Å². The van der Waals surface area contributed by atoms with Gasteiger partial charge in [0.05, 0.1) is 18.8 Å². The molecular weight excluding hydrogens is 310 g/mol. The molecule has 2 aromatic heterocycles. The Bertz CT molecular complexity index is 782. The smallest absolute Gasteiger partial charge is 0.251 e. The molecule has 24 heavy (non-hydrogen) atoms. The van der Waals surface area contributed by atoms with Gasteiger partial charge < -0.3 is 14.6 Å². The van der Waals surface area contributed by atoms with E-state index in [4.69, 9.17) is 4.74 Å². The molecule has 1 saturated heterocycles. The second kappa shape index (κ2) is 6.96. The largest absolute Gasteiger partial charge is 0.368 e. The number of carbonyl (C=O) groups excluding carboxylic acids is 1. The van der Waals surface area contributed by atoms with Crippen LogP contribution in [0.5, 0.6) is 0 Å². The Balaban J connectivity index is 1.63. The quantitative estimate of drug-likeness (QED) is 0.872. The molecule has 0 radical (unpaired) electrons. The van der Waals surface area contributed by atoms with Crippen LogP contribution in [0.3, 0.4) is 0 Å². The van der Waals surface area contributed by atoms with Gasteiger partial charge in [0.25, 0.3) is 5.56 Å². The van der Waals surface area contributed by atoms with Crippen molar-refractivity contribution >= 4 is 5.91 Å². The lowest BCUT2D eigenvalue weighted by Crippen LogP contribution is -2.42. The monoisotopic (exact) mass is 331 g/mol. The maximum Gasteiger partial charge on any atom is 0.251 e. The molecule has 1 amide bonds. The normalized spacial score (nSPS) is 17.9. The average Bonchev–Trinajstić information content (AvgIpc) is 2.97. The number of rotatable bonds is 4. The molecule has 3 rings (SSSR count). The summed E-state index contributed by atoms with van der Waals surface area (Å²) in [6, 6.07) is 3.35. The fraction of sp³-hybridized carbons (Fsp3) is 0.500. The van der Waals surface area contributed by atoms with Gasteiger partial charge in [0.2, 0.25) is 5.91 Å². The summed E-state index contributed by atoms with van der Waals surface area (Å²) in [5, 5.41) is 4.11. The van der Waals surface area contributed by atoms with Gasteiger partial charge in [-0.15, -0.1) is 0 Å². The Morgan fingerprint density at radius 3 is 3.04 bits per heavy atom. The van der Waals surface area contributed by atoms with Crippen LogP contribution in [0.15, 0.2) is 23.1 Å². The second-order valence-corrected chi connectivity index (χ2v) is 5.90. The Morgan fingerprint density at radius 2 is 2.33 bits per heavy atom. The summed E-state index contributed by atoms with van der Waals surface area (Å²) in [6.45, 7) is 3.14. The molecule has 0 saturated carbocycles. The number of morpholine rings is 1. The first-order chi connectivity index (χ1) is 11.5. The Kier molecular flexibility index (Phi) is 4.75. The topological polar surface area (TPSA) is 93.1 Å². The number of nitrogens with one attached hydrogen (secondary N) is 1. The number of aryl methyl sites for hydroxylation is 3. The number of aromatic amines is 1. The lowest BCUT2D eigenvalue weighted by atomic mass is 10.1. The molecule has 0 aromatic carbocycles. The van der Waals surface area contributed by atoms with E-state index in [1.807, 2.05) is 13.1 Å². The highest BCUT2D eigenvalue weighted by Gasteiger charge is 2.26. The summed E-state index contributed by atoms with van der Waals surface area (Å²) in [5.41, 5.74) is 1.39. The van der Waals surface area contributed by atoms with Crippen molar-refractivity contribution in [3.05, 3.63) is 45.9 Å². The van der Waals surface area contributed by atoms with E-state index in [0.29, 0.717) is 44.1 Å². The van der Waals surface area contributed by atoms with E-state index < -0.39 is 0 Å². The van der Waals surface area contributed by atoms with Crippen LogP contribution in [0.2, 0.25) is 0 Å². The van der Waals surface area contributed by atoms with Crippen molar-refractivity contribution in [2.75, 3.05) is 19.7 Å². The lowest BCUT2D eigenvalue weighted by Gasteiger charge is -2.32. The van der Waals surface area contributed by atoms with Gasteiger partial charge >= 0.3 is 0 Å². The van der Waals surface area contributed by atoms with Crippen molar-refractivity contribution in [3.8, 4) is 0 Å². The molecule has 0 bridgehead atoms. The third-order valence-electron chi connectivity index (χ3n) is 4.15. The van der Waals surface area contributed by atoms with E-state index in [1.165, 1.54) is 6.07 Å². The Labute approximate surface area is 139 Å². The molecule has 128 valence electrons. The van der Waals surface area contributed by atoms with E-state index >= 15 is 0 Å². The van der Waals surface area contributed by atoms with Crippen LogP contribution in [-0.4, -0.2) is 50.3 Å². The fourth-order valence-corrected chi connectivity index (χ4v) is 2.86. The first kappa shape index (κ1) is 16.4. The van der Waals surface area contributed by atoms with E-state index in [1.54, 1.807) is 22.7 Å². The van der Waals surface area contributed by atoms with Crippen LogP contribution in [0, 0.1) is 6.92 Å². The van der Waals surface area contributed by atoms with Crippen LogP contribution < -0.4 is 5.56 Å². The molecule has 8 nitrogen and oxygen atoms in total. The van der Waals surface area contributed by atoms with Gasteiger partial charge in [-0.1, -0.05) is 0 Å². The molecule has 0 unspecified atom stereocenters. The van der Waals surface area contributed by atoms with Crippen molar-refractivity contribution in [2.45, 2.75) is 25.9 Å². The van der Waals surface area contributed by atoms with Crippen LogP contribution in [0.25, 0.3) is 0 Å². The van der Waals surface area contributed by atoms with Crippen molar-refractivity contribution in [1.29, 1.82) is 0 Å². The summed E-state index contributed by atoms with van der Waals surface area (Å²) in [4.78, 5) is 32.8. The molecule has 0 aliphatic carbocycles. The highest BCUT2D eigenvalue weighted by Crippen LogP contribution is 2.20. The first-order valence-corrected chi connectivity index (χ1v) is 7.97. The predicted molar refractivity (Wildman–Crippen MR) is 86.4 cm³/mol. The number of aromatic nitrogens is 4. The third kappa shape index (κ3) is 3.70. The van der Waals surface area contributed by atoms with Crippen molar-refractivity contribution in [2.24, 2.45) is 7.05 Å². The highest BCUT2D eigenvalue weighted by atomic mass is 16.5. The number of amides is 1. The Hall–Kier alpha value is -2.48. The maximum absolute atomic E-state index is 12.5. The number of nitrogens with zero attached hydrogens (tertiary/aromatic N) is 4. The molecule has 2 aromatic rings. The summed E-state index contributed by atoms with van der Waals surface area (Å²) in [7, 11) is 1.87. The Morgan fingerprint density at radius 1 is 1.50 bits per heavy atom. The summed E-state index contributed by atoms with van der Waals surface area (Å²) in [5.74, 6) is 0.617. The highest BCUT2D eigenvalue weighted by molar-refractivity contribution is 5.76. The minimum Gasteiger partial charge on any atom is -0.368 e. The van der Waals surface area contributed by atoms with Crippen LogP contribution in [0.1, 0.15) is 29.7 Å². The zero-order valence-corrected chi connectivity index (χ0v) is 13.9. The van der Waals surface area contributed by atoms with Gasteiger partial charge in [-0.3, -0.25) is 14.3 Å². The second-order valence-electron chi connectivity index (χ2n) is 5.90. The minimum atomic E-state index is -0.361. The first-order valence-electron chi connectivity index (χ1n) is 7.97. The van der Waals surface area contributed by atoms with Crippen LogP contribution in [0.4, 0.5) is 0 Å². The van der Waals surface area contributed by atoms with Crippen LogP contribution in [-0.2, 0) is 23.0 Å². The van der Waals surface area contributed by atoms with Gasteiger partial charge in [0.1, 0.15) is 11.9 Å².